The standard InChI is InChI=1S/C7H8F3N3O2/c1-13-5(3-11-12-13)4(2-6(14)15)7(8,9)10/h3-4H,2H2,1H3,(H,14,15). The number of carbonyl (C=O) groups is 1. The molecule has 1 aromatic rings. The van der Waals surface area contributed by atoms with Gasteiger partial charge in [-0.2, -0.15) is 13.2 Å². The molecule has 8 heteroatoms. The number of hydrogen-bond donors (Lipinski definition) is 1. The molecular formula is C7H8F3N3O2. The Labute approximate surface area is 82.5 Å². The van der Waals surface area contributed by atoms with Crippen LogP contribution in [0.1, 0.15) is 18.0 Å². The van der Waals surface area contributed by atoms with E-state index in [1.807, 2.05) is 0 Å². The van der Waals surface area contributed by atoms with Crippen LogP contribution in [0.2, 0.25) is 0 Å². The minimum atomic E-state index is -4.62. The molecule has 15 heavy (non-hydrogen) atoms. The fourth-order valence-corrected chi connectivity index (χ4v) is 1.18. The molecule has 0 bridgehead atoms. The highest BCUT2D eigenvalue weighted by Gasteiger charge is 2.43. The lowest BCUT2D eigenvalue weighted by molar-refractivity contribution is -0.164. The van der Waals surface area contributed by atoms with E-state index in [0.29, 0.717) is 0 Å². The molecule has 0 fully saturated rings. The Morgan fingerprint density at radius 1 is 1.67 bits per heavy atom. The zero-order chi connectivity index (χ0) is 11.6. The number of aliphatic carboxylic acids is 1. The summed E-state index contributed by atoms with van der Waals surface area (Å²) in [7, 11) is 1.28. The van der Waals surface area contributed by atoms with E-state index in [4.69, 9.17) is 5.11 Å². The van der Waals surface area contributed by atoms with E-state index in [2.05, 4.69) is 10.3 Å². The predicted molar refractivity (Wildman–Crippen MR) is 42.1 cm³/mol. The minimum absolute atomic E-state index is 0.259. The fourth-order valence-electron chi connectivity index (χ4n) is 1.18. The predicted octanol–water partition coefficient (Wildman–Crippen LogP) is 0.936. The first-order chi connectivity index (χ1) is 6.82. The summed E-state index contributed by atoms with van der Waals surface area (Å²) < 4.78 is 38.4. The number of aromatic nitrogens is 3. The van der Waals surface area contributed by atoms with Crippen LogP contribution in [-0.4, -0.2) is 32.2 Å². The van der Waals surface area contributed by atoms with Crippen LogP contribution in [0.3, 0.4) is 0 Å². The quantitative estimate of drug-likeness (QED) is 0.827. The SMILES string of the molecule is Cn1nncc1C(CC(=O)O)C(F)(F)F. The van der Waals surface area contributed by atoms with Crippen molar-refractivity contribution >= 4 is 5.97 Å². The third-order valence-corrected chi connectivity index (χ3v) is 1.88. The van der Waals surface area contributed by atoms with Crippen LogP contribution in [0.4, 0.5) is 13.2 Å². The topological polar surface area (TPSA) is 68.0 Å². The second kappa shape index (κ2) is 3.87. The van der Waals surface area contributed by atoms with Gasteiger partial charge in [-0.05, 0) is 0 Å². The molecule has 5 nitrogen and oxygen atoms in total. The molecule has 1 N–H and O–H groups in total. The summed E-state index contributed by atoms with van der Waals surface area (Å²) in [5, 5.41) is 15.0. The van der Waals surface area contributed by atoms with Crippen LogP contribution in [0.25, 0.3) is 0 Å². The molecule has 0 aliphatic rings. The first kappa shape index (κ1) is 11.5. The number of alkyl halides is 3. The molecule has 1 rings (SSSR count). The Balaban J connectivity index is 3.02. The van der Waals surface area contributed by atoms with E-state index in [1.165, 1.54) is 7.05 Å². The van der Waals surface area contributed by atoms with Crippen molar-refractivity contribution in [2.24, 2.45) is 7.05 Å². The highest BCUT2D eigenvalue weighted by atomic mass is 19.4. The molecule has 1 atom stereocenters. The summed E-state index contributed by atoms with van der Waals surface area (Å²) >= 11 is 0. The van der Waals surface area contributed by atoms with E-state index in [-0.39, 0.29) is 5.69 Å². The van der Waals surface area contributed by atoms with Gasteiger partial charge in [-0.25, -0.2) is 0 Å². The van der Waals surface area contributed by atoms with Gasteiger partial charge in [0.25, 0.3) is 0 Å². The van der Waals surface area contributed by atoms with Gasteiger partial charge in [0, 0.05) is 7.05 Å². The number of hydrogen-bond acceptors (Lipinski definition) is 3. The van der Waals surface area contributed by atoms with Gasteiger partial charge in [0.2, 0.25) is 0 Å². The maximum Gasteiger partial charge on any atom is 0.397 e. The number of carboxylic acids is 1. The largest absolute Gasteiger partial charge is 0.481 e. The summed E-state index contributed by atoms with van der Waals surface area (Å²) in [5.41, 5.74) is -0.259. The number of rotatable bonds is 3. The Kier molecular flexibility index (Phi) is 2.96. The van der Waals surface area contributed by atoms with Gasteiger partial charge < -0.3 is 5.11 Å². The summed E-state index contributed by atoms with van der Waals surface area (Å²) in [6.45, 7) is 0. The maximum atomic E-state index is 12.5. The number of carboxylic acid groups (broad SMARTS) is 1. The summed E-state index contributed by atoms with van der Waals surface area (Å²) in [5.74, 6) is -3.59. The lowest BCUT2D eigenvalue weighted by Crippen LogP contribution is -2.25. The van der Waals surface area contributed by atoms with Crippen molar-refractivity contribution in [2.75, 3.05) is 0 Å². The molecule has 1 unspecified atom stereocenters. The summed E-state index contributed by atoms with van der Waals surface area (Å²) in [4.78, 5) is 10.3. The normalized spacial score (nSPS) is 13.9. The van der Waals surface area contributed by atoms with Crippen LogP contribution >= 0.6 is 0 Å². The van der Waals surface area contributed by atoms with E-state index < -0.39 is 24.5 Å². The number of aryl methyl sites for hydroxylation is 1. The average Bonchev–Trinajstić information content (AvgIpc) is 2.45. The van der Waals surface area contributed by atoms with Crippen molar-refractivity contribution in [3.8, 4) is 0 Å². The molecule has 1 heterocycles. The molecule has 0 amide bonds. The monoisotopic (exact) mass is 223 g/mol. The second-order valence-corrected chi connectivity index (χ2v) is 2.97. The van der Waals surface area contributed by atoms with E-state index in [9.17, 15) is 18.0 Å². The van der Waals surface area contributed by atoms with Crippen LogP contribution in [0.5, 0.6) is 0 Å². The molecule has 84 valence electrons. The van der Waals surface area contributed by atoms with Crippen LogP contribution < -0.4 is 0 Å². The van der Waals surface area contributed by atoms with E-state index in [0.717, 1.165) is 10.9 Å². The first-order valence-corrected chi connectivity index (χ1v) is 3.95. The van der Waals surface area contributed by atoms with Crippen molar-refractivity contribution in [2.45, 2.75) is 18.5 Å². The molecule has 0 saturated carbocycles. The molecule has 0 radical (unpaired) electrons. The van der Waals surface area contributed by atoms with Crippen molar-refractivity contribution in [3.63, 3.8) is 0 Å². The van der Waals surface area contributed by atoms with E-state index in [1.54, 1.807) is 0 Å². The average molecular weight is 223 g/mol. The molecule has 0 spiro atoms. The Morgan fingerprint density at radius 3 is 2.60 bits per heavy atom. The second-order valence-electron chi connectivity index (χ2n) is 2.97. The molecule has 0 aliphatic carbocycles. The molecule has 0 aliphatic heterocycles. The highest BCUT2D eigenvalue weighted by Crippen LogP contribution is 2.36. The van der Waals surface area contributed by atoms with Crippen molar-refractivity contribution < 1.29 is 23.1 Å². The Hall–Kier alpha value is -1.60. The zero-order valence-electron chi connectivity index (χ0n) is 7.69. The van der Waals surface area contributed by atoms with Gasteiger partial charge in [0.15, 0.2) is 0 Å². The van der Waals surface area contributed by atoms with Crippen LogP contribution in [0, 0.1) is 0 Å². The van der Waals surface area contributed by atoms with Crippen molar-refractivity contribution in [3.05, 3.63) is 11.9 Å². The van der Waals surface area contributed by atoms with Crippen molar-refractivity contribution in [1.29, 1.82) is 0 Å². The van der Waals surface area contributed by atoms with Gasteiger partial charge in [-0.1, -0.05) is 5.21 Å². The van der Waals surface area contributed by atoms with Crippen molar-refractivity contribution in [1.82, 2.24) is 15.0 Å². The third kappa shape index (κ3) is 2.67. The molecule has 0 aromatic carbocycles. The lowest BCUT2D eigenvalue weighted by atomic mass is 10.0. The number of nitrogens with zero attached hydrogens (tertiary/aromatic N) is 3. The van der Waals surface area contributed by atoms with Gasteiger partial charge >= 0.3 is 12.1 Å². The summed E-state index contributed by atoms with van der Waals surface area (Å²) in [6.07, 6.45) is -4.72. The van der Waals surface area contributed by atoms with Gasteiger partial charge in [0.1, 0.15) is 5.92 Å². The highest BCUT2D eigenvalue weighted by molar-refractivity contribution is 5.68. The fraction of sp³-hybridized carbons (Fsp3) is 0.571. The van der Waals surface area contributed by atoms with Crippen LogP contribution in [0.15, 0.2) is 6.20 Å². The van der Waals surface area contributed by atoms with Gasteiger partial charge in [-0.15, -0.1) is 5.10 Å². The molecule has 0 saturated heterocycles. The third-order valence-electron chi connectivity index (χ3n) is 1.88. The van der Waals surface area contributed by atoms with Gasteiger partial charge in [0.05, 0.1) is 18.3 Å². The van der Waals surface area contributed by atoms with E-state index >= 15 is 0 Å². The Bertz CT molecular complexity index is 361. The van der Waals surface area contributed by atoms with Gasteiger partial charge in [-0.3, -0.25) is 9.48 Å². The molecule has 1 aromatic heterocycles. The number of halogens is 3. The minimum Gasteiger partial charge on any atom is -0.481 e. The zero-order valence-corrected chi connectivity index (χ0v) is 7.69. The maximum absolute atomic E-state index is 12.5. The van der Waals surface area contributed by atoms with Crippen LogP contribution in [-0.2, 0) is 11.8 Å². The Morgan fingerprint density at radius 2 is 2.27 bits per heavy atom. The first-order valence-electron chi connectivity index (χ1n) is 3.95. The molecular weight excluding hydrogens is 215 g/mol. The summed E-state index contributed by atoms with van der Waals surface area (Å²) in [6, 6.07) is 0. The lowest BCUT2D eigenvalue weighted by Gasteiger charge is -2.17. The smallest absolute Gasteiger partial charge is 0.397 e.